The molecule has 1 saturated carbocycles. The van der Waals surface area contributed by atoms with Crippen molar-refractivity contribution in [2.75, 3.05) is 24.6 Å². The first kappa shape index (κ1) is 20.8. The first-order valence-corrected chi connectivity index (χ1v) is 13.7. The van der Waals surface area contributed by atoms with Gasteiger partial charge in [-0.2, -0.15) is 0 Å². The second-order valence-corrected chi connectivity index (χ2v) is 12.5. The van der Waals surface area contributed by atoms with Crippen molar-refractivity contribution in [2.45, 2.75) is 49.5 Å². The van der Waals surface area contributed by atoms with Gasteiger partial charge in [0.25, 0.3) is 5.91 Å². The van der Waals surface area contributed by atoms with Crippen molar-refractivity contribution in [3.63, 3.8) is 0 Å². The molecule has 3 atom stereocenters. The molecule has 0 spiro atoms. The molecule has 1 aliphatic carbocycles. The van der Waals surface area contributed by atoms with E-state index in [0.29, 0.717) is 11.5 Å². The van der Waals surface area contributed by atoms with Gasteiger partial charge >= 0.3 is 0 Å². The number of carbonyl (C=O) groups excluding carboxylic acids is 1. The van der Waals surface area contributed by atoms with Crippen LogP contribution in [0.3, 0.4) is 0 Å². The minimum Gasteiger partial charge on any atom is -0.338 e. The Kier molecular flexibility index (Phi) is 5.74. The molecule has 1 N–H and O–H groups in total. The number of sulfonamides is 1. The summed E-state index contributed by atoms with van der Waals surface area (Å²) in [5.41, 5.74) is 0.488. The van der Waals surface area contributed by atoms with Crippen molar-refractivity contribution in [1.82, 2.24) is 9.62 Å². The van der Waals surface area contributed by atoms with Crippen LogP contribution < -0.4 is 4.72 Å². The monoisotopic (exact) mass is 440 g/mol. The smallest absolute Gasteiger partial charge is 0.253 e. The number of benzene rings is 1. The summed E-state index contributed by atoms with van der Waals surface area (Å²) in [6, 6.07) is 5.35. The maximum absolute atomic E-state index is 12.9. The molecule has 4 rings (SSSR count). The number of amides is 1. The Morgan fingerprint density at radius 3 is 2.34 bits per heavy atom. The molecule has 0 bridgehead atoms. The number of hydrogen-bond acceptors (Lipinski definition) is 5. The van der Waals surface area contributed by atoms with Crippen molar-refractivity contribution in [3.8, 4) is 0 Å². The van der Waals surface area contributed by atoms with E-state index in [2.05, 4.69) is 4.72 Å². The average Bonchev–Trinajstić information content (AvgIpc) is 3.04. The number of fused-ring (bicyclic) bond motifs is 1. The molecular formula is C20H28N2O5S2. The lowest BCUT2D eigenvalue weighted by Crippen LogP contribution is -2.44. The molecule has 1 aromatic carbocycles. The van der Waals surface area contributed by atoms with Crippen LogP contribution in [0.1, 0.15) is 48.9 Å². The first-order valence-electron chi connectivity index (χ1n) is 10.4. The van der Waals surface area contributed by atoms with Crippen molar-refractivity contribution < 1.29 is 21.6 Å². The molecule has 2 aliphatic heterocycles. The molecule has 1 aromatic rings. The lowest BCUT2D eigenvalue weighted by Gasteiger charge is -2.41. The van der Waals surface area contributed by atoms with Crippen LogP contribution in [0.4, 0.5) is 0 Å². The Hall–Kier alpha value is -1.45. The summed E-state index contributed by atoms with van der Waals surface area (Å²) in [7, 11) is -6.98. The molecule has 1 amide bonds. The molecule has 0 aromatic heterocycles. The Labute approximate surface area is 172 Å². The molecule has 3 aliphatic rings. The van der Waals surface area contributed by atoms with Gasteiger partial charge in [0.2, 0.25) is 10.0 Å². The van der Waals surface area contributed by atoms with Gasteiger partial charge in [0.1, 0.15) is 0 Å². The van der Waals surface area contributed by atoms with Gasteiger partial charge in [-0.15, -0.1) is 0 Å². The van der Waals surface area contributed by atoms with Crippen molar-refractivity contribution in [1.29, 1.82) is 0 Å². The molecular weight excluding hydrogens is 412 g/mol. The molecule has 9 heteroatoms. The molecule has 0 radical (unpaired) electrons. The summed E-state index contributed by atoms with van der Waals surface area (Å²) in [6.45, 7) is 1.55. The van der Waals surface area contributed by atoms with Gasteiger partial charge in [-0.05, 0) is 55.4 Å². The first-order chi connectivity index (χ1) is 13.7. The highest BCUT2D eigenvalue weighted by molar-refractivity contribution is 7.92. The van der Waals surface area contributed by atoms with E-state index >= 15 is 0 Å². The third-order valence-corrected chi connectivity index (χ3v) is 9.85. The average molecular weight is 441 g/mol. The van der Waals surface area contributed by atoms with E-state index in [4.69, 9.17) is 0 Å². The predicted molar refractivity (Wildman–Crippen MR) is 110 cm³/mol. The highest BCUT2D eigenvalue weighted by atomic mass is 32.2. The fourth-order valence-corrected chi connectivity index (χ4v) is 7.97. The summed E-state index contributed by atoms with van der Waals surface area (Å²) < 4.78 is 50.6. The molecule has 0 unspecified atom stereocenters. The van der Waals surface area contributed by atoms with E-state index in [0.717, 1.165) is 25.4 Å². The number of carbonyl (C=O) groups is 1. The zero-order valence-electron chi connectivity index (χ0n) is 16.4. The highest BCUT2D eigenvalue weighted by Gasteiger charge is 2.34. The standard InChI is InChI=1S/C20H28N2O5S2/c23-20(22-11-9-15-3-1-2-4-17(15)13-22)16-5-7-19(8-6-16)29(26,27)21-18-10-12-28(24,25)14-18/h5-8,15,17-18,21H,1-4,9-14H2/t15-,17+,18-/m1/s1. The number of nitrogens with one attached hydrogen (secondary N) is 1. The number of rotatable bonds is 4. The van der Waals surface area contributed by atoms with Crippen LogP contribution in [0.2, 0.25) is 0 Å². The summed E-state index contributed by atoms with van der Waals surface area (Å²) in [5, 5.41) is 0. The highest BCUT2D eigenvalue weighted by Crippen LogP contribution is 2.36. The fraction of sp³-hybridized carbons (Fsp3) is 0.650. The van der Waals surface area contributed by atoms with E-state index in [1.807, 2.05) is 4.90 Å². The van der Waals surface area contributed by atoms with Crippen LogP contribution in [0.15, 0.2) is 29.2 Å². The largest absolute Gasteiger partial charge is 0.338 e. The van der Waals surface area contributed by atoms with E-state index in [9.17, 15) is 21.6 Å². The Bertz CT molecular complexity index is 973. The predicted octanol–water partition coefficient (Wildman–Crippen LogP) is 1.80. The summed E-state index contributed by atoms with van der Waals surface area (Å²) in [6.07, 6.45) is 6.34. The van der Waals surface area contributed by atoms with Crippen LogP contribution in [0, 0.1) is 11.8 Å². The summed E-state index contributed by atoms with van der Waals surface area (Å²) in [4.78, 5) is 14.8. The SMILES string of the molecule is O=C(c1ccc(S(=O)(=O)N[C@@H]2CCS(=O)(=O)C2)cc1)N1CC[C@H]2CCCC[C@H]2C1. The maximum Gasteiger partial charge on any atom is 0.253 e. The lowest BCUT2D eigenvalue weighted by atomic mass is 9.75. The van der Waals surface area contributed by atoms with E-state index in [-0.39, 0.29) is 28.7 Å². The Balaban J connectivity index is 1.41. The summed E-state index contributed by atoms with van der Waals surface area (Å²) >= 11 is 0. The van der Waals surface area contributed by atoms with Gasteiger partial charge in [-0.3, -0.25) is 4.79 Å². The minimum atomic E-state index is -3.82. The minimum absolute atomic E-state index is 0.00527. The number of nitrogens with zero attached hydrogens (tertiary/aromatic N) is 1. The van der Waals surface area contributed by atoms with E-state index < -0.39 is 25.9 Å². The molecule has 2 saturated heterocycles. The lowest BCUT2D eigenvalue weighted by molar-refractivity contribution is 0.0521. The zero-order valence-corrected chi connectivity index (χ0v) is 18.1. The quantitative estimate of drug-likeness (QED) is 0.769. The van der Waals surface area contributed by atoms with Crippen molar-refractivity contribution >= 4 is 25.8 Å². The number of hydrogen-bond donors (Lipinski definition) is 1. The van der Waals surface area contributed by atoms with Gasteiger partial charge in [-0.1, -0.05) is 19.3 Å². The van der Waals surface area contributed by atoms with Gasteiger partial charge in [0, 0.05) is 24.7 Å². The third kappa shape index (κ3) is 4.67. The molecule has 160 valence electrons. The van der Waals surface area contributed by atoms with Crippen LogP contribution in [0.5, 0.6) is 0 Å². The van der Waals surface area contributed by atoms with E-state index in [1.165, 1.54) is 37.8 Å². The number of likely N-dealkylation sites (tertiary alicyclic amines) is 1. The normalized spacial score (nSPS) is 29.4. The van der Waals surface area contributed by atoms with Crippen LogP contribution in [-0.4, -0.2) is 58.3 Å². The van der Waals surface area contributed by atoms with Crippen LogP contribution >= 0.6 is 0 Å². The number of sulfone groups is 1. The van der Waals surface area contributed by atoms with Crippen LogP contribution in [0.25, 0.3) is 0 Å². The summed E-state index contributed by atoms with van der Waals surface area (Å²) in [5.74, 6) is 1.12. The molecule has 3 fully saturated rings. The van der Waals surface area contributed by atoms with Gasteiger partial charge in [-0.25, -0.2) is 21.6 Å². The number of piperidine rings is 1. The third-order valence-electron chi connectivity index (χ3n) is 6.54. The second-order valence-electron chi connectivity index (χ2n) is 8.59. The molecule has 29 heavy (non-hydrogen) atoms. The molecule has 7 nitrogen and oxygen atoms in total. The van der Waals surface area contributed by atoms with Crippen molar-refractivity contribution in [3.05, 3.63) is 29.8 Å². The van der Waals surface area contributed by atoms with Gasteiger partial charge in [0.05, 0.1) is 16.4 Å². The van der Waals surface area contributed by atoms with Gasteiger partial charge < -0.3 is 4.90 Å². The van der Waals surface area contributed by atoms with Crippen LogP contribution in [-0.2, 0) is 19.9 Å². The maximum atomic E-state index is 12.9. The second kappa shape index (κ2) is 8.00. The zero-order chi connectivity index (χ0) is 20.6. The van der Waals surface area contributed by atoms with Gasteiger partial charge in [0.15, 0.2) is 9.84 Å². The molecule has 2 heterocycles. The topological polar surface area (TPSA) is 101 Å². The van der Waals surface area contributed by atoms with E-state index in [1.54, 1.807) is 12.1 Å². The Morgan fingerprint density at radius 1 is 1.00 bits per heavy atom. The Morgan fingerprint density at radius 2 is 1.69 bits per heavy atom. The fourth-order valence-electron chi connectivity index (χ4n) is 4.92. The van der Waals surface area contributed by atoms with Crippen molar-refractivity contribution in [2.24, 2.45) is 11.8 Å².